The summed E-state index contributed by atoms with van der Waals surface area (Å²) in [5.41, 5.74) is 0.651. The van der Waals surface area contributed by atoms with Crippen molar-refractivity contribution in [1.29, 1.82) is 0 Å². The fraction of sp³-hybridized carbons (Fsp3) is 0.500. The van der Waals surface area contributed by atoms with Crippen LogP contribution in [0.5, 0.6) is 0 Å². The second-order valence-corrected chi connectivity index (χ2v) is 6.64. The number of hydrogen-bond acceptors (Lipinski definition) is 2. The molecule has 0 radical (unpaired) electrons. The lowest BCUT2D eigenvalue weighted by Crippen LogP contribution is -2.05. The van der Waals surface area contributed by atoms with Crippen LogP contribution in [0.4, 0.5) is 4.39 Å². The van der Waals surface area contributed by atoms with E-state index in [9.17, 15) is 8.60 Å². The van der Waals surface area contributed by atoms with Crippen molar-refractivity contribution in [2.24, 2.45) is 4.36 Å². The molecule has 1 unspecified atom stereocenters. The first-order valence-electron chi connectivity index (χ1n) is 5.37. The van der Waals surface area contributed by atoms with Gasteiger partial charge in [-0.25, -0.2) is 13.0 Å². The Balaban J connectivity index is 3.32. The fourth-order valence-electron chi connectivity index (χ4n) is 1.58. The van der Waals surface area contributed by atoms with Gasteiger partial charge in [0.2, 0.25) is 0 Å². The summed E-state index contributed by atoms with van der Waals surface area (Å²) in [6.45, 7) is 5.66. The standard InChI is InChI=1S/C12H18FNOS/c1-5-16(15,14-4)10-6-7-11(9(2)3)12(13)8-10/h6-9H,5H2,1-4H3. The molecule has 0 bridgehead atoms. The molecule has 2 nitrogen and oxygen atoms in total. The number of rotatable bonds is 3. The number of hydrogen-bond donors (Lipinski definition) is 0. The maximum Gasteiger partial charge on any atom is 0.127 e. The molecule has 0 saturated heterocycles. The molecule has 1 aromatic rings. The van der Waals surface area contributed by atoms with E-state index in [2.05, 4.69) is 4.36 Å². The molecule has 0 fully saturated rings. The summed E-state index contributed by atoms with van der Waals surface area (Å²) >= 11 is 0. The van der Waals surface area contributed by atoms with Gasteiger partial charge in [-0.3, -0.25) is 0 Å². The average molecular weight is 243 g/mol. The molecule has 1 aromatic carbocycles. The molecule has 0 aliphatic heterocycles. The van der Waals surface area contributed by atoms with Crippen LogP contribution in [0.25, 0.3) is 0 Å². The van der Waals surface area contributed by atoms with E-state index in [4.69, 9.17) is 0 Å². The second kappa shape index (κ2) is 4.95. The van der Waals surface area contributed by atoms with Gasteiger partial charge >= 0.3 is 0 Å². The maximum atomic E-state index is 13.7. The topological polar surface area (TPSA) is 29.4 Å². The molecule has 0 aliphatic rings. The number of benzene rings is 1. The maximum absolute atomic E-state index is 13.7. The highest BCUT2D eigenvalue weighted by Gasteiger charge is 2.13. The molecule has 1 rings (SSSR count). The van der Waals surface area contributed by atoms with Gasteiger partial charge in [0.05, 0.1) is 14.6 Å². The third-order valence-electron chi connectivity index (χ3n) is 2.65. The normalized spacial score (nSPS) is 14.9. The van der Waals surface area contributed by atoms with Gasteiger partial charge in [-0.2, -0.15) is 0 Å². The predicted molar refractivity (Wildman–Crippen MR) is 65.8 cm³/mol. The SMILES string of the molecule is CCS(=O)(=NC)c1ccc(C(C)C)c(F)c1. The molecule has 0 N–H and O–H groups in total. The Bertz CT molecular complexity index is 488. The summed E-state index contributed by atoms with van der Waals surface area (Å²) in [7, 11) is -0.910. The highest BCUT2D eigenvalue weighted by Crippen LogP contribution is 2.22. The summed E-state index contributed by atoms with van der Waals surface area (Å²) in [5, 5.41) is 0. The Morgan fingerprint density at radius 3 is 2.44 bits per heavy atom. The van der Waals surface area contributed by atoms with Crippen LogP contribution in [0, 0.1) is 5.82 Å². The van der Waals surface area contributed by atoms with Crippen molar-refractivity contribution >= 4 is 9.73 Å². The smallest absolute Gasteiger partial charge is 0.127 e. The van der Waals surface area contributed by atoms with Crippen LogP contribution in [0.15, 0.2) is 27.5 Å². The largest absolute Gasteiger partial charge is 0.245 e. The Hall–Kier alpha value is -0.900. The van der Waals surface area contributed by atoms with E-state index in [0.717, 1.165) is 0 Å². The van der Waals surface area contributed by atoms with E-state index < -0.39 is 9.73 Å². The van der Waals surface area contributed by atoms with E-state index in [1.54, 1.807) is 19.1 Å². The molecule has 16 heavy (non-hydrogen) atoms. The van der Waals surface area contributed by atoms with Crippen LogP contribution in [-0.4, -0.2) is 17.0 Å². The predicted octanol–water partition coefficient (Wildman–Crippen LogP) is 3.43. The fourth-order valence-corrected chi connectivity index (χ4v) is 2.95. The zero-order valence-corrected chi connectivity index (χ0v) is 11.0. The minimum absolute atomic E-state index is 0.130. The quantitative estimate of drug-likeness (QED) is 0.799. The van der Waals surface area contributed by atoms with Crippen molar-refractivity contribution in [1.82, 2.24) is 0 Å². The van der Waals surface area contributed by atoms with Crippen LogP contribution in [-0.2, 0) is 9.73 Å². The summed E-state index contributed by atoms with van der Waals surface area (Å²) < 4.78 is 29.8. The molecular formula is C12H18FNOS. The monoisotopic (exact) mass is 243 g/mol. The molecule has 0 saturated carbocycles. The van der Waals surface area contributed by atoms with Gasteiger partial charge in [0, 0.05) is 12.8 Å². The summed E-state index contributed by atoms with van der Waals surface area (Å²) in [6.07, 6.45) is 0. The lowest BCUT2D eigenvalue weighted by molar-refractivity contribution is 0.593. The van der Waals surface area contributed by atoms with Crippen LogP contribution in [0.3, 0.4) is 0 Å². The van der Waals surface area contributed by atoms with Crippen molar-refractivity contribution in [3.63, 3.8) is 0 Å². The number of nitrogens with zero attached hydrogens (tertiary/aromatic N) is 1. The highest BCUT2D eigenvalue weighted by atomic mass is 32.2. The van der Waals surface area contributed by atoms with Crippen LogP contribution < -0.4 is 0 Å². The van der Waals surface area contributed by atoms with Gasteiger partial charge in [-0.15, -0.1) is 0 Å². The van der Waals surface area contributed by atoms with E-state index in [1.165, 1.54) is 13.1 Å². The van der Waals surface area contributed by atoms with Crippen molar-refractivity contribution in [2.45, 2.75) is 31.6 Å². The summed E-state index contributed by atoms with van der Waals surface area (Å²) in [4.78, 5) is 0.486. The Morgan fingerprint density at radius 2 is 2.06 bits per heavy atom. The van der Waals surface area contributed by atoms with Gasteiger partial charge < -0.3 is 0 Å². The molecule has 0 spiro atoms. The summed E-state index contributed by atoms with van der Waals surface area (Å²) in [6, 6.07) is 4.78. The summed E-state index contributed by atoms with van der Waals surface area (Å²) in [5.74, 6) is 0.242. The van der Waals surface area contributed by atoms with Crippen LogP contribution in [0.2, 0.25) is 0 Å². The molecule has 1 atom stereocenters. The lowest BCUT2D eigenvalue weighted by Gasteiger charge is -2.11. The lowest BCUT2D eigenvalue weighted by atomic mass is 10.0. The van der Waals surface area contributed by atoms with E-state index in [-0.39, 0.29) is 11.7 Å². The molecule has 0 aliphatic carbocycles. The van der Waals surface area contributed by atoms with Crippen LogP contribution >= 0.6 is 0 Å². The highest BCUT2D eigenvalue weighted by molar-refractivity contribution is 7.93. The number of halogens is 1. The minimum atomic E-state index is -2.42. The van der Waals surface area contributed by atoms with Crippen molar-refractivity contribution in [3.05, 3.63) is 29.6 Å². The minimum Gasteiger partial charge on any atom is -0.245 e. The first-order valence-corrected chi connectivity index (χ1v) is 7.05. The average Bonchev–Trinajstić information content (AvgIpc) is 2.27. The van der Waals surface area contributed by atoms with E-state index in [1.807, 2.05) is 13.8 Å². The van der Waals surface area contributed by atoms with Gasteiger partial charge in [0.25, 0.3) is 0 Å². The van der Waals surface area contributed by atoms with E-state index >= 15 is 0 Å². The molecule has 0 aromatic heterocycles. The molecule has 0 amide bonds. The van der Waals surface area contributed by atoms with Gasteiger partial charge in [-0.05, 0) is 23.6 Å². The van der Waals surface area contributed by atoms with Crippen molar-refractivity contribution in [2.75, 3.05) is 12.8 Å². The third-order valence-corrected chi connectivity index (χ3v) is 5.01. The van der Waals surface area contributed by atoms with Gasteiger partial charge in [-0.1, -0.05) is 26.8 Å². The Kier molecular flexibility index (Phi) is 4.08. The van der Waals surface area contributed by atoms with Gasteiger partial charge in [0.1, 0.15) is 5.82 Å². The van der Waals surface area contributed by atoms with Crippen LogP contribution in [0.1, 0.15) is 32.3 Å². The second-order valence-electron chi connectivity index (χ2n) is 3.95. The first-order chi connectivity index (χ1) is 7.44. The Morgan fingerprint density at radius 1 is 1.44 bits per heavy atom. The molecule has 0 heterocycles. The molecule has 4 heteroatoms. The van der Waals surface area contributed by atoms with Crippen molar-refractivity contribution in [3.8, 4) is 0 Å². The third kappa shape index (κ3) is 2.43. The van der Waals surface area contributed by atoms with E-state index in [0.29, 0.717) is 16.2 Å². The Labute approximate surface area is 97.1 Å². The molecular weight excluding hydrogens is 225 g/mol. The first kappa shape index (κ1) is 13.2. The van der Waals surface area contributed by atoms with Gasteiger partial charge in [0.15, 0.2) is 0 Å². The van der Waals surface area contributed by atoms with Crippen molar-refractivity contribution < 1.29 is 8.60 Å². The zero-order valence-electron chi connectivity index (χ0n) is 10.2. The zero-order chi connectivity index (χ0) is 12.3. The molecule has 90 valence electrons.